The summed E-state index contributed by atoms with van der Waals surface area (Å²) in [6, 6.07) is -1.10. The van der Waals surface area contributed by atoms with E-state index < -0.39 is 17.9 Å². The van der Waals surface area contributed by atoms with Gasteiger partial charge in [-0.1, -0.05) is 0 Å². The molecule has 0 aromatic heterocycles. The molecule has 0 aliphatic heterocycles. The fourth-order valence-electron chi connectivity index (χ4n) is 0.391. The largest absolute Gasteiger partial charge is 0.480 e. The fourth-order valence-corrected chi connectivity index (χ4v) is 0.639. The molecule has 0 bridgehead atoms. The first-order chi connectivity index (χ1) is 5.11. The van der Waals surface area contributed by atoms with Crippen molar-refractivity contribution in [2.75, 3.05) is 5.75 Å². The van der Waals surface area contributed by atoms with Gasteiger partial charge in [0, 0.05) is 5.75 Å². The Morgan fingerprint density at radius 3 is 2.45 bits per heavy atom. The van der Waals surface area contributed by atoms with Crippen LogP contribution in [0.15, 0.2) is 0 Å². The first kappa shape index (κ1) is 9.96. The van der Waals surface area contributed by atoms with Crippen molar-refractivity contribution in [1.29, 1.82) is 0 Å². The molecule has 0 aliphatic carbocycles. The lowest BCUT2D eigenvalue weighted by molar-refractivity contribution is -0.141. The van der Waals surface area contributed by atoms with Crippen molar-refractivity contribution >= 4 is 30.8 Å². The van der Waals surface area contributed by atoms with Crippen LogP contribution in [0.4, 0.5) is 0 Å². The molecule has 1 unspecified atom stereocenters. The minimum atomic E-state index is -1.21. The zero-order valence-corrected chi connectivity index (χ0v) is 6.38. The number of carboxylic acids is 1. The summed E-state index contributed by atoms with van der Waals surface area (Å²) in [5.41, 5.74) is 0. The van der Waals surface area contributed by atoms with Gasteiger partial charge in [0.15, 0.2) is 0 Å². The van der Waals surface area contributed by atoms with Gasteiger partial charge in [0.05, 0.1) is 0 Å². The fraction of sp³-hybridized carbons (Fsp3) is 0.400. The standard InChI is InChI=1S/C5H7NO4S/c7-1-4(8)6-3(2-11)5(9)10/h1,3,11H,2H2,(H,6,8)(H,9,10). The van der Waals surface area contributed by atoms with E-state index in [0.717, 1.165) is 0 Å². The summed E-state index contributed by atoms with van der Waals surface area (Å²) < 4.78 is 0. The highest BCUT2D eigenvalue weighted by Gasteiger charge is 2.16. The predicted octanol–water partition coefficient (Wildman–Crippen LogP) is -1.32. The minimum Gasteiger partial charge on any atom is -0.480 e. The molecular weight excluding hydrogens is 170 g/mol. The number of hydrogen-bond acceptors (Lipinski definition) is 4. The third-order valence-electron chi connectivity index (χ3n) is 0.904. The number of aliphatic carboxylic acids is 1. The number of rotatable bonds is 4. The van der Waals surface area contributed by atoms with Crippen LogP contribution < -0.4 is 5.32 Å². The van der Waals surface area contributed by atoms with Crippen molar-refractivity contribution in [3.05, 3.63) is 0 Å². The highest BCUT2D eigenvalue weighted by atomic mass is 32.1. The van der Waals surface area contributed by atoms with E-state index >= 15 is 0 Å². The molecule has 11 heavy (non-hydrogen) atoms. The number of nitrogens with one attached hydrogen (secondary N) is 1. The molecule has 0 heterocycles. The first-order valence-electron chi connectivity index (χ1n) is 2.71. The smallest absolute Gasteiger partial charge is 0.327 e. The maximum atomic E-state index is 10.3. The second-order valence-corrected chi connectivity index (χ2v) is 2.06. The summed E-state index contributed by atoms with van der Waals surface area (Å²) in [6.07, 6.45) is 0.0133. The first-order valence-corrected chi connectivity index (χ1v) is 3.34. The summed E-state index contributed by atoms with van der Waals surface area (Å²) in [6.45, 7) is 0. The molecule has 0 saturated heterocycles. The van der Waals surface area contributed by atoms with Crippen LogP contribution in [-0.2, 0) is 14.4 Å². The van der Waals surface area contributed by atoms with E-state index in [1.165, 1.54) is 0 Å². The van der Waals surface area contributed by atoms with Crippen molar-refractivity contribution < 1.29 is 19.5 Å². The van der Waals surface area contributed by atoms with Crippen molar-refractivity contribution in [3.8, 4) is 0 Å². The molecule has 0 aromatic carbocycles. The van der Waals surface area contributed by atoms with Gasteiger partial charge in [0.25, 0.3) is 5.91 Å². The van der Waals surface area contributed by atoms with Gasteiger partial charge in [0.1, 0.15) is 6.04 Å². The Hall–Kier alpha value is -1.04. The average molecular weight is 177 g/mol. The molecule has 5 nitrogen and oxygen atoms in total. The van der Waals surface area contributed by atoms with E-state index in [9.17, 15) is 14.4 Å². The Labute approximate surface area is 68.2 Å². The minimum absolute atomic E-state index is 0.0133. The zero-order chi connectivity index (χ0) is 8.85. The third kappa shape index (κ3) is 3.61. The molecule has 0 aliphatic rings. The maximum absolute atomic E-state index is 10.3. The summed E-state index contributed by atoms with van der Waals surface area (Å²) in [4.78, 5) is 30.3. The number of carboxylic acid groups (broad SMARTS) is 1. The lowest BCUT2D eigenvalue weighted by Gasteiger charge is -2.07. The van der Waals surface area contributed by atoms with Crippen LogP contribution in [0.3, 0.4) is 0 Å². The monoisotopic (exact) mass is 177 g/mol. The Kier molecular flexibility index (Phi) is 4.28. The van der Waals surface area contributed by atoms with Gasteiger partial charge in [-0.05, 0) is 0 Å². The van der Waals surface area contributed by atoms with Crippen LogP contribution >= 0.6 is 12.6 Å². The number of hydrogen-bond donors (Lipinski definition) is 3. The van der Waals surface area contributed by atoms with Crippen LogP contribution in [0.25, 0.3) is 0 Å². The Morgan fingerprint density at radius 2 is 2.18 bits per heavy atom. The van der Waals surface area contributed by atoms with Crippen molar-refractivity contribution in [3.63, 3.8) is 0 Å². The Bertz CT molecular complexity index is 181. The van der Waals surface area contributed by atoms with E-state index in [-0.39, 0.29) is 12.0 Å². The molecule has 2 N–H and O–H groups in total. The number of carbonyl (C=O) groups excluding carboxylic acids is 2. The highest BCUT2D eigenvalue weighted by molar-refractivity contribution is 7.80. The van der Waals surface area contributed by atoms with Gasteiger partial charge in [-0.2, -0.15) is 12.6 Å². The van der Waals surface area contributed by atoms with Crippen molar-refractivity contribution in [2.45, 2.75) is 6.04 Å². The van der Waals surface area contributed by atoms with E-state index in [1.807, 2.05) is 5.32 Å². The van der Waals surface area contributed by atoms with Crippen LogP contribution in [0.5, 0.6) is 0 Å². The second kappa shape index (κ2) is 4.73. The van der Waals surface area contributed by atoms with Crippen molar-refractivity contribution in [2.24, 2.45) is 0 Å². The number of thiol groups is 1. The molecule has 1 amide bonds. The quantitative estimate of drug-likeness (QED) is 0.282. The predicted molar refractivity (Wildman–Crippen MR) is 39.5 cm³/mol. The topological polar surface area (TPSA) is 83.5 Å². The number of aldehydes is 1. The maximum Gasteiger partial charge on any atom is 0.327 e. The number of amides is 1. The molecule has 0 rings (SSSR count). The average Bonchev–Trinajstić information content (AvgIpc) is 1.99. The van der Waals surface area contributed by atoms with Crippen LogP contribution in [0, 0.1) is 0 Å². The lowest BCUT2D eigenvalue weighted by atomic mass is 10.3. The highest BCUT2D eigenvalue weighted by Crippen LogP contribution is 1.86. The molecule has 0 aromatic rings. The molecule has 1 atom stereocenters. The van der Waals surface area contributed by atoms with Crippen LogP contribution in [0.2, 0.25) is 0 Å². The van der Waals surface area contributed by atoms with Crippen LogP contribution in [-0.4, -0.2) is 35.1 Å². The van der Waals surface area contributed by atoms with E-state index in [4.69, 9.17) is 5.11 Å². The second-order valence-electron chi connectivity index (χ2n) is 1.70. The molecule has 0 radical (unpaired) electrons. The SMILES string of the molecule is O=CC(=O)NC(CS)C(=O)O. The van der Waals surface area contributed by atoms with Gasteiger partial charge in [-0.25, -0.2) is 4.79 Å². The molecule has 6 heteroatoms. The van der Waals surface area contributed by atoms with Gasteiger partial charge >= 0.3 is 5.97 Å². The Morgan fingerprint density at radius 1 is 1.64 bits per heavy atom. The molecule has 0 fully saturated rings. The Balaban J connectivity index is 3.97. The van der Waals surface area contributed by atoms with Gasteiger partial charge in [0.2, 0.25) is 6.29 Å². The molecular formula is C5H7NO4S. The van der Waals surface area contributed by atoms with Gasteiger partial charge in [-0.15, -0.1) is 0 Å². The molecule has 0 saturated carbocycles. The summed E-state index contributed by atoms with van der Waals surface area (Å²) in [5.74, 6) is -2.21. The lowest BCUT2D eigenvalue weighted by Crippen LogP contribution is -2.42. The summed E-state index contributed by atoms with van der Waals surface area (Å²) >= 11 is 3.66. The zero-order valence-electron chi connectivity index (χ0n) is 5.48. The molecule has 0 spiro atoms. The van der Waals surface area contributed by atoms with E-state index in [2.05, 4.69) is 12.6 Å². The molecule has 62 valence electrons. The van der Waals surface area contributed by atoms with Crippen molar-refractivity contribution in [1.82, 2.24) is 5.32 Å². The number of carbonyl (C=O) groups is 3. The normalized spacial score (nSPS) is 11.7. The van der Waals surface area contributed by atoms with E-state index in [0.29, 0.717) is 0 Å². The van der Waals surface area contributed by atoms with Gasteiger partial charge in [-0.3, -0.25) is 9.59 Å². The van der Waals surface area contributed by atoms with Gasteiger partial charge < -0.3 is 10.4 Å². The summed E-state index contributed by atoms with van der Waals surface area (Å²) in [5, 5.41) is 10.3. The van der Waals surface area contributed by atoms with Crippen LogP contribution in [0.1, 0.15) is 0 Å². The summed E-state index contributed by atoms with van der Waals surface area (Å²) in [7, 11) is 0. The third-order valence-corrected chi connectivity index (χ3v) is 1.27. The van der Waals surface area contributed by atoms with E-state index in [1.54, 1.807) is 0 Å².